The first-order chi connectivity index (χ1) is 10.0. The molecule has 0 atom stereocenters. The van der Waals surface area contributed by atoms with Gasteiger partial charge >= 0.3 is 0 Å². The third-order valence-electron chi connectivity index (χ3n) is 2.75. The summed E-state index contributed by atoms with van der Waals surface area (Å²) in [5, 5.41) is 13.6. The van der Waals surface area contributed by atoms with Gasteiger partial charge in [-0.15, -0.1) is 11.8 Å². The van der Waals surface area contributed by atoms with Gasteiger partial charge in [-0.2, -0.15) is 0 Å². The van der Waals surface area contributed by atoms with E-state index in [1.54, 1.807) is 23.9 Å². The van der Waals surface area contributed by atoms with Gasteiger partial charge < -0.3 is 5.32 Å². The molecule has 0 aliphatic rings. The summed E-state index contributed by atoms with van der Waals surface area (Å²) >= 11 is 7.51. The summed E-state index contributed by atoms with van der Waals surface area (Å²) in [5.41, 5.74) is 0.488. The molecule has 7 heteroatoms. The minimum atomic E-state index is -0.569. The molecule has 0 saturated carbocycles. The van der Waals surface area contributed by atoms with Gasteiger partial charge in [-0.1, -0.05) is 11.6 Å². The van der Waals surface area contributed by atoms with Crippen molar-refractivity contribution in [3.63, 3.8) is 0 Å². The molecule has 108 valence electrons. The molecule has 0 fully saturated rings. The van der Waals surface area contributed by atoms with E-state index < -0.39 is 10.8 Å². The number of amides is 1. The molecule has 2 aromatic rings. The molecule has 0 aromatic heterocycles. The Morgan fingerprint density at radius 2 is 1.90 bits per heavy atom. The number of nitro benzene ring substituents is 1. The van der Waals surface area contributed by atoms with Gasteiger partial charge in [0.15, 0.2) is 0 Å². The molecular weight excluding hydrogens is 312 g/mol. The van der Waals surface area contributed by atoms with Crippen LogP contribution in [0.2, 0.25) is 5.02 Å². The number of benzene rings is 2. The topological polar surface area (TPSA) is 72.2 Å². The molecule has 1 N–H and O–H groups in total. The summed E-state index contributed by atoms with van der Waals surface area (Å²) in [6.45, 7) is 0. The summed E-state index contributed by atoms with van der Waals surface area (Å²) in [5.74, 6) is -0.486. The summed E-state index contributed by atoms with van der Waals surface area (Å²) in [6.07, 6.45) is 1.95. The van der Waals surface area contributed by atoms with Gasteiger partial charge in [-0.25, -0.2) is 0 Å². The Labute approximate surface area is 130 Å². The van der Waals surface area contributed by atoms with Crippen LogP contribution in [0.25, 0.3) is 0 Å². The number of non-ortho nitro benzene ring substituents is 1. The monoisotopic (exact) mass is 322 g/mol. The van der Waals surface area contributed by atoms with Crippen molar-refractivity contribution in [3.05, 3.63) is 63.2 Å². The van der Waals surface area contributed by atoms with Crippen LogP contribution in [0.3, 0.4) is 0 Å². The zero-order chi connectivity index (χ0) is 15.4. The number of carbonyl (C=O) groups is 1. The lowest BCUT2D eigenvalue weighted by Gasteiger charge is -2.07. The van der Waals surface area contributed by atoms with Crippen LogP contribution in [0.4, 0.5) is 11.4 Å². The maximum atomic E-state index is 12.1. The Hall–Kier alpha value is -2.05. The molecule has 5 nitrogen and oxygen atoms in total. The molecular formula is C14H11ClN2O3S. The number of rotatable bonds is 4. The number of hydrogen-bond donors (Lipinski definition) is 1. The van der Waals surface area contributed by atoms with Gasteiger partial charge in [0.1, 0.15) is 0 Å². The molecule has 0 radical (unpaired) electrons. The van der Waals surface area contributed by atoms with Crippen LogP contribution < -0.4 is 5.32 Å². The number of carbonyl (C=O) groups excluding carboxylic acids is 1. The average Bonchev–Trinajstić information content (AvgIpc) is 2.48. The largest absolute Gasteiger partial charge is 0.322 e. The van der Waals surface area contributed by atoms with E-state index >= 15 is 0 Å². The van der Waals surface area contributed by atoms with E-state index in [0.717, 1.165) is 11.0 Å². The highest BCUT2D eigenvalue weighted by Gasteiger charge is 2.15. The predicted octanol–water partition coefficient (Wildman–Crippen LogP) is 4.22. The number of hydrogen-bond acceptors (Lipinski definition) is 4. The fraction of sp³-hybridized carbons (Fsp3) is 0.0714. The highest BCUT2D eigenvalue weighted by atomic mass is 35.5. The fourth-order valence-electron chi connectivity index (χ4n) is 1.67. The van der Waals surface area contributed by atoms with Crippen LogP contribution >= 0.6 is 23.4 Å². The molecule has 21 heavy (non-hydrogen) atoms. The number of thioether (sulfide) groups is 1. The minimum absolute atomic E-state index is 0.0693. The summed E-state index contributed by atoms with van der Waals surface area (Å²) in [4.78, 5) is 23.4. The van der Waals surface area contributed by atoms with Crippen molar-refractivity contribution >= 4 is 40.6 Å². The van der Waals surface area contributed by atoms with Crippen LogP contribution in [-0.4, -0.2) is 17.1 Å². The van der Waals surface area contributed by atoms with E-state index in [-0.39, 0.29) is 16.3 Å². The van der Waals surface area contributed by atoms with E-state index in [4.69, 9.17) is 11.6 Å². The second-order valence-corrected chi connectivity index (χ2v) is 5.39. The van der Waals surface area contributed by atoms with Gasteiger partial charge in [0, 0.05) is 22.7 Å². The number of halogens is 1. The maximum absolute atomic E-state index is 12.1. The second kappa shape index (κ2) is 6.60. The van der Waals surface area contributed by atoms with E-state index in [0.29, 0.717) is 5.69 Å². The van der Waals surface area contributed by atoms with Gasteiger partial charge in [0.25, 0.3) is 11.6 Å². The van der Waals surface area contributed by atoms with Crippen molar-refractivity contribution in [1.82, 2.24) is 0 Å². The van der Waals surface area contributed by atoms with Crippen molar-refractivity contribution in [2.45, 2.75) is 4.90 Å². The van der Waals surface area contributed by atoms with Crippen LogP contribution in [-0.2, 0) is 0 Å². The number of nitro groups is 1. The van der Waals surface area contributed by atoms with Gasteiger partial charge in [-0.05, 0) is 36.6 Å². The van der Waals surface area contributed by atoms with Crippen LogP contribution in [0.1, 0.15) is 10.4 Å². The lowest BCUT2D eigenvalue weighted by molar-refractivity contribution is -0.384. The first kappa shape index (κ1) is 15.3. The van der Waals surface area contributed by atoms with Crippen molar-refractivity contribution in [2.75, 3.05) is 11.6 Å². The van der Waals surface area contributed by atoms with Crippen LogP contribution in [0.5, 0.6) is 0 Å². The fourth-order valence-corrected chi connectivity index (χ4v) is 2.29. The van der Waals surface area contributed by atoms with E-state index in [2.05, 4.69) is 5.32 Å². The number of nitrogens with zero attached hydrogens (tertiary/aromatic N) is 1. The van der Waals surface area contributed by atoms with Crippen LogP contribution in [0.15, 0.2) is 47.4 Å². The van der Waals surface area contributed by atoms with Gasteiger partial charge in [0.05, 0.1) is 15.5 Å². The predicted molar refractivity (Wildman–Crippen MR) is 84.3 cm³/mol. The summed E-state index contributed by atoms with van der Waals surface area (Å²) < 4.78 is 0. The Bertz CT molecular complexity index is 689. The molecule has 2 aromatic carbocycles. The molecule has 0 bridgehead atoms. The second-order valence-electron chi connectivity index (χ2n) is 4.10. The number of anilines is 1. The zero-order valence-electron chi connectivity index (χ0n) is 11.0. The molecule has 0 heterocycles. The van der Waals surface area contributed by atoms with Crippen molar-refractivity contribution in [3.8, 4) is 0 Å². The van der Waals surface area contributed by atoms with E-state index in [1.807, 2.05) is 18.4 Å². The summed E-state index contributed by atoms with van der Waals surface area (Å²) in [7, 11) is 0. The minimum Gasteiger partial charge on any atom is -0.322 e. The Morgan fingerprint density at radius 1 is 1.24 bits per heavy atom. The quantitative estimate of drug-likeness (QED) is 0.519. The third-order valence-corrected chi connectivity index (χ3v) is 3.83. The smallest absolute Gasteiger partial charge is 0.270 e. The SMILES string of the molecule is CSc1ccc(NC(=O)c2cc([N+](=O)[O-])ccc2Cl)cc1. The molecule has 1 amide bonds. The zero-order valence-corrected chi connectivity index (χ0v) is 12.6. The first-order valence-electron chi connectivity index (χ1n) is 5.90. The average molecular weight is 323 g/mol. The maximum Gasteiger partial charge on any atom is 0.270 e. The molecule has 2 rings (SSSR count). The van der Waals surface area contributed by atoms with Crippen molar-refractivity contribution in [2.24, 2.45) is 0 Å². The van der Waals surface area contributed by atoms with Crippen molar-refractivity contribution < 1.29 is 9.72 Å². The molecule has 0 spiro atoms. The Balaban J connectivity index is 2.23. The van der Waals surface area contributed by atoms with E-state index in [1.165, 1.54) is 12.1 Å². The van der Waals surface area contributed by atoms with Gasteiger partial charge in [-0.3, -0.25) is 14.9 Å². The normalized spacial score (nSPS) is 10.2. The van der Waals surface area contributed by atoms with E-state index in [9.17, 15) is 14.9 Å². The van der Waals surface area contributed by atoms with Gasteiger partial charge in [0.2, 0.25) is 0 Å². The Kier molecular flexibility index (Phi) is 4.82. The number of nitrogens with one attached hydrogen (secondary N) is 1. The lowest BCUT2D eigenvalue weighted by Crippen LogP contribution is -2.12. The van der Waals surface area contributed by atoms with Crippen molar-refractivity contribution in [1.29, 1.82) is 0 Å². The molecule has 0 saturated heterocycles. The molecule has 0 unspecified atom stereocenters. The molecule has 0 aliphatic carbocycles. The summed E-state index contributed by atoms with van der Waals surface area (Å²) in [6, 6.07) is 11.0. The Morgan fingerprint density at radius 3 is 2.48 bits per heavy atom. The standard InChI is InChI=1S/C14H11ClN2O3S/c1-21-11-5-2-9(3-6-11)16-14(18)12-8-10(17(19)20)4-7-13(12)15/h2-8H,1H3,(H,16,18). The highest BCUT2D eigenvalue weighted by molar-refractivity contribution is 7.98. The first-order valence-corrected chi connectivity index (χ1v) is 7.51. The third kappa shape index (κ3) is 3.74. The lowest BCUT2D eigenvalue weighted by atomic mass is 10.2. The highest BCUT2D eigenvalue weighted by Crippen LogP contribution is 2.24. The van der Waals surface area contributed by atoms with Crippen LogP contribution in [0, 0.1) is 10.1 Å². The molecule has 0 aliphatic heterocycles.